The molecular weight excluding hydrogens is 490 g/mol. The number of rotatable bonds is 8. The number of aliphatic hydroxyl groups excluding tert-OH is 1. The first-order chi connectivity index (χ1) is 16.0. The van der Waals surface area contributed by atoms with Crippen LogP contribution in [0.15, 0.2) is 26.6 Å². The highest BCUT2D eigenvalue weighted by Gasteiger charge is 2.38. The summed E-state index contributed by atoms with van der Waals surface area (Å²) in [5, 5.41) is 25.8. The Morgan fingerprint density at radius 3 is 2.53 bits per heavy atom. The van der Waals surface area contributed by atoms with E-state index in [-0.39, 0.29) is 53.5 Å². The zero-order valence-corrected chi connectivity index (χ0v) is 20.1. The molecule has 2 fully saturated rings. The Hall–Kier alpha value is -2.22. The van der Waals surface area contributed by atoms with Crippen molar-refractivity contribution in [2.45, 2.75) is 62.4 Å². The fraction of sp³-hybridized carbons (Fsp3) is 0.524. The van der Waals surface area contributed by atoms with E-state index in [2.05, 4.69) is 10.6 Å². The Bertz CT molecular complexity index is 1260. The van der Waals surface area contributed by atoms with E-state index in [4.69, 9.17) is 21.2 Å². The Balaban J connectivity index is 1.62. The number of hydrogen-bond acceptors (Lipinski definition) is 10. The number of aliphatic hydroxyl groups is 1. The van der Waals surface area contributed by atoms with Gasteiger partial charge in [-0.3, -0.25) is 14.4 Å². The summed E-state index contributed by atoms with van der Waals surface area (Å²) in [6.07, 6.45) is 1.33. The molecule has 1 unspecified atom stereocenters. The van der Waals surface area contributed by atoms with Crippen molar-refractivity contribution in [2.24, 2.45) is 0 Å². The first-order valence-electron chi connectivity index (χ1n) is 10.9. The summed E-state index contributed by atoms with van der Waals surface area (Å²) in [5.74, 6) is -0.753. The molecule has 2 aromatic rings. The highest BCUT2D eigenvalue weighted by atomic mass is 35.5. The molecule has 0 amide bonds. The van der Waals surface area contributed by atoms with Gasteiger partial charge in [0.15, 0.2) is 5.75 Å². The molecular formula is C21H26ClN3O8S. The fourth-order valence-corrected chi connectivity index (χ4v) is 6.05. The van der Waals surface area contributed by atoms with Crippen LogP contribution in [0.1, 0.15) is 33.1 Å². The van der Waals surface area contributed by atoms with Crippen LogP contribution < -0.4 is 21.5 Å². The standard InChI is InChI=1S/C21H26ClN3O8S/c1-3-13(15-7-4-10(2)33-15)23-16-17(20(29)19(16)28)24-14-6-5-12(22)21(18(14)27)34(30,31)25-8-11(26)9-32-25/h5-6,10-11,13,15,23-24,26-27H,3-4,7-9H2,1-2H3/t10-,11?,13-,15-/m1/s1. The minimum absolute atomic E-state index is 0.0461. The Kier molecular flexibility index (Phi) is 6.91. The van der Waals surface area contributed by atoms with Crippen LogP contribution >= 0.6 is 11.6 Å². The summed E-state index contributed by atoms with van der Waals surface area (Å²) < 4.78 is 32.3. The number of nitrogens with zero attached hydrogens (tertiary/aromatic N) is 1. The van der Waals surface area contributed by atoms with Gasteiger partial charge in [-0.1, -0.05) is 23.0 Å². The number of phenols is 1. The summed E-state index contributed by atoms with van der Waals surface area (Å²) in [6.45, 7) is 3.35. The third kappa shape index (κ3) is 4.41. The molecule has 0 radical (unpaired) electrons. The molecule has 0 aliphatic carbocycles. The van der Waals surface area contributed by atoms with Crippen molar-refractivity contribution in [2.75, 3.05) is 23.8 Å². The van der Waals surface area contributed by atoms with E-state index in [1.165, 1.54) is 12.1 Å². The van der Waals surface area contributed by atoms with Gasteiger partial charge in [0.05, 0.1) is 48.2 Å². The van der Waals surface area contributed by atoms with E-state index in [9.17, 15) is 28.2 Å². The molecule has 2 saturated heterocycles. The highest BCUT2D eigenvalue weighted by molar-refractivity contribution is 7.89. The summed E-state index contributed by atoms with van der Waals surface area (Å²) in [6, 6.07) is 2.31. The molecule has 2 aliphatic heterocycles. The normalized spacial score (nSPS) is 24.5. The zero-order chi connectivity index (χ0) is 24.8. The van der Waals surface area contributed by atoms with Crippen molar-refractivity contribution >= 4 is 38.7 Å². The van der Waals surface area contributed by atoms with E-state index in [0.29, 0.717) is 10.9 Å². The minimum Gasteiger partial charge on any atom is -0.504 e. The number of hydroxylamine groups is 1. The van der Waals surface area contributed by atoms with E-state index < -0.39 is 37.6 Å². The molecule has 186 valence electrons. The van der Waals surface area contributed by atoms with E-state index in [0.717, 1.165) is 12.8 Å². The summed E-state index contributed by atoms with van der Waals surface area (Å²) in [5.41, 5.74) is -1.71. The second-order valence-corrected chi connectivity index (χ2v) is 10.6. The van der Waals surface area contributed by atoms with Gasteiger partial charge in [0.25, 0.3) is 20.9 Å². The van der Waals surface area contributed by atoms with E-state index in [1.807, 2.05) is 13.8 Å². The number of halogens is 1. The fourth-order valence-electron chi connectivity index (χ4n) is 4.16. The lowest BCUT2D eigenvalue weighted by Gasteiger charge is -2.26. The van der Waals surface area contributed by atoms with Gasteiger partial charge >= 0.3 is 0 Å². The van der Waals surface area contributed by atoms with Crippen molar-refractivity contribution in [1.29, 1.82) is 0 Å². The van der Waals surface area contributed by atoms with Crippen molar-refractivity contribution in [3.05, 3.63) is 37.6 Å². The van der Waals surface area contributed by atoms with Crippen LogP contribution in [0.3, 0.4) is 0 Å². The number of benzene rings is 1. The lowest BCUT2D eigenvalue weighted by Crippen LogP contribution is -2.42. The molecule has 0 spiro atoms. The topological polar surface area (TPSA) is 154 Å². The van der Waals surface area contributed by atoms with Crippen LogP contribution in [-0.2, 0) is 19.6 Å². The van der Waals surface area contributed by atoms with Crippen LogP contribution in [0, 0.1) is 0 Å². The predicted octanol–water partition coefficient (Wildman–Crippen LogP) is 1.44. The number of phenolic OH excluding ortho intramolecular Hbond substituents is 1. The van der Waals surface area contributed by atoms with Gasteiger partial charge in [0, 0.05) is 0 Å². The molecule has 4 atom stereocenters. The number of nitrogens with one attached hydrogen (secondary N) is 2. The second kappa shape index (κ2) is 9.44. The van der Waals surface area contributed by atoms with Crippen molar-refractivity contribution in [1.82, 2.24) is 4.47 Å². The largest absolute Gasteiger partial charge is 0.504 e. The third-order valence-corrected chi connectivity index (χ3v) is 8.18. The van der Waals surface area contributed by atoms with Crippen LogP contribution in [0.2, 0.25) is 5.02 Å². The number of β-amino-alcohol motifs (C(OH)–C–C–N with tert-alkyl or cyclic N) is 1. The monoisotopic (exact) mass is 515 g/mol. The molecule has 4 N–H and O–H groups in total. The molecule has 11 nitrogen and oxygen atoms in total. The maximum Gasteiger partial charge on any atom is 0.270 e. The lowest BCUT2D eigenvalue weighted by atomic mass is 10.0. The number of aromatic hydroxyl groups is 1. The van der Waals surface area contributed by atoms with Gasteiger partial charge in [-0.15, -0.1) is 0 Å². The molecule has 0 saturated carbocycles. The molecule has 0 aromatic heterocycles. The number of sulfonamides is 1. The van der Waals surface area contributed by atoms with Crippen LogP contribution in [-0.4, -0.2) is 60.6 Å². The molecule has 4 rings (SSSR count). The average Bonchev–Trinajstić information content (AvgIpc) is 3.43. The number of anilines is 3. The summed E-state index contributed by atoms with van der Waals surface area (Å²) in [7, 11) is -4.43. The smallest absolute Gasteiger partial charge is 0.270 e. The Morgan fingerprint density at radius 2 is 1.94 bits per heavy atom. The number of hydrogen-bond donors (Lipinski definition) is 4. The SMILES string of the molecule is CC[C@@H](Nc1c(Nc2ccc(Cl)c(S(=O)(=O)N3CC(O)CO3)c2O)c(=O)c1=O)[C@H]1CC[C@@H](C)O1. The van der Waals surface area contributed by atoms with Crippen LogP contribution in [0.25, 0.3) is 0 Å². The van der Waals surface area contributed by atoms with Crippen molar-refractivity contribution < 1.29 is 28.2 Å². The first-order valence-corrected chi connectivity index (χ1v) is 12.7. The van der Waals surface area contributed by atoms with Gasteiger partial charge in [-0.05, 0) is 38.3 Å². The molecule has 0 bridgehead atoms. The molecule has 13 heteroatoms. The number of ether oxygens (including phenoxy) is 1. The van der Waals surface area contributed by atoms with Gasteiger partial charge in [-0.25, -0.2) is 8.42 Å². The van der Waals surface area contributed by atoms with Crippen LogP contribution in [0.5, 0.6) is 5.75 Å². The summed E-state index contributed by atoms with van der Waals surface area (Å²) >= 11 is 6.07. The maximum atomic E-state index is 12.9. The van der Waals surface area contributed by atoms with Gasteiger partial charge in [0.1, 0.15) is 16.3 Å². The minimum atomic E-state index is -4.43. The van der Waals surface area contributed by atoms with Crippen molar-refractivity contribution in [3.8, 4) is 5.75 Å². The quantitative estimate of drug-likeness (QED) is 0.300. The third-order valence-electron chi connectivity index (χ3n) is 6.03. The van der Waals surface area contributed by atoms with Gasteiger partial charge < -0.3 is 25.6 Å². The molecule has 2 aromatic carbocycles. The lowest BCUT2D eigenvalue weighted by molar-refractivity contribution is -0.0317. The molecule has 34 heavy (non-hydrogen) atoms. The predicted molar refractivity (Wildman–Crippen MR) is 125 cm³/mol. The average molecular weight is 516 g/mol. The zero-order valence-electron chi connectivity index (χ0n) is 18.6. The van der Waals surface area contributed by atoms with Crippen molar-refractivity contribution in [3.63, 3.8) is 0 Å². The highest BCUT2D eigenvalue weighted by Crippen LogP contribution is 2.40. The Labute approximate surface area is 200 Å². The first kappa shape index (κ1) is 24.9. The maximum absolute atomic E-state index is 12.9. The van der Waals surface area contributed by atoms with Gasteiger partial charge in [-0.2, -0.15) is 0 Å². The molecule has 2 aliphatic rings. The van der Waals surface area contributed by atoms with Crippen LogP contribution in [0.4, 0.5) is 17.1 Å². The molecule has 2 heterocycles. The summed E-state index contributed by atoms with van der Waals surface area (Å²) in [4.78, 5) is 28.9. The van der Waals surface area contributed by atoms with E-state index in [1.54, 1.807) is 0 Å². The second-order valence-electron chi connectivity index (χ2n) is 8.47. The Morgan fingerprint density at radius 1 is 1.24 bits per heavy atom. The van der Waals surface area contributed by atoms with Gasteiger partial charge in [0.2, 0.25) is 0 Å². The van der Waals surface area contributed by atoms with E-state index >= 15 is 0 Å².